The topological polar surface area (TPSA) is 80.3 Å². The first kappa shape index (κ1) is 28.7. The normalized spacial score (nSPS) is 14.3. The van der Waals surface area contributed by atoms with Gasteiger partial charge in [-0.3, -0.25) is 0 Å². The first-order valence-corrected chi connectivity index (χ1v) is 11.2. The van der Waals surface area contributed by atoms with E-state index in [2.05, 4.69) is 0 Å². The van der Waals surface area contributed by atoms with E-state index in [4.69, 9.17) is 0 Å². The molecular formula is C16H7F12NO4S2. The van der Waals surface area contributed by atoms with E-state index in [1.54, 1.807) is 0 Å². The SMILES string of the molecule is O=S(=O)(NS(=O)(=O)c1cc(C(F)(F)F)ccc1C(F)(F)F)c1cc(C(F)(F)F)cc(C(F)(F)F)c1. The van der Waals surface area contributed by atoms with Crippen molar-refractivity contribution in [1.82, 2.24) is 4.13 Å². The largest absolute Gasteiger partial charge is 0.417 e. The van der Waals surface area contributed by atoms with E-state index in [1.807, 2.05) is 0 Å². The van der Waals surface area contributed by atoms with E-state index in [1.165, 1.54) is 0 Å². The minimum absolute atomic E-state index is 0.182. The van der Waals surface area contributed by atoms with Crippen LogP contribution in [0.25, 0.3) is 0 Å². The zero-order valence-corrected chi connectivity index (χ0v) is 17.6. The van der Waals surface area contributed by atoms with Crippen LogP contribution < -0.4 is 4.13 Å². The van der Waals surface area contributed by atoms with E-state index in [0.29, 0.717) is 4.13 Å². The van der Waals surface area contributed by atoms with E-state index in [9.17, 15) is 69.5 Å². The molecule has 0 aliphatic carbocycles. The van der Waals surface area contributed by atoms with Gasteiger partial charge in [-0.1, -0.05) is 0 Å². The third kappa shape index (κ3) is 6.57. The van der Waals surface area contributed by atoms with Crippen LogP contribution in [0.15, 0.2) is 46.2 Å². The molecule has 0 saturated carbocycles. The summed E-state index contributed by atoms with van der Waals surface area (Å²) >= 11 is 0. The summed E-state index contributed by atoms with van der Waals surface area (Å²) in [4.78, 5) is -4.30. The average Bonchev–Trinajstić information content (AvgIpc) is 2.63. The smallest absolute Gasteiger partial charge is 0.206 e. The molecule has 35 heavy (non-hydrogen) atoms. The van der Waals surface area contributed by atoms with Crippen LogP contribution in [-0.4, -0.2) is 16.8 Å². The lowest BCUT2D eigenvalue weighted by Crippen LogP contribution is -2.33. The number of halogens is 12. The highest BCUT2D eigenvalue weighted by Crippen LogP contribution is 2.40. The molecule has 0 fully saturated rings. The maximum absolute atomic E-state index is 13.2. The second-order valence-corrected chi connectivity index (χ2v) is 10.1. The number of benzene rings is 2. The Kier molecular flexibility index (Phi) is 7.00. The van der Waals surface area contributed by atoms with E-state index in [0.717, 1.165) is 0 Å². The second-order valence-electron chi connectivity index (χ2n) is 6.54. The van der Waals surface area contributed by atoms with Crippen LogP contribution in [0, 0.1) is 0 Å². The van der Waals surface area contributed by atoms with Gasteiger partial charge in [0.1, 0.15) is 0 Å². The average molecular weight is 569 g/mol. The third-order valence-electron chi connectivity index (χ3n) is 3.99. The van der Waals surface area contributed by atoms with Crippen molar-refractivity contribution >= 4 is 20.0 Å². The number of nitrogens with one attached hydrogen (secondary N) is 1. The molecule has 0 aliphatic rings. The van der Waals surface area contributed by atoms with Crippen LogP contribution in [0.5, 0.6) is 0 Å². The van der Waals surface area contributed by atoms with Gasteiger partial charge < -0.3 is 0 Å². The molecule has 2 aromatic rings. The zero-order chi connectivity index (χ0) is 27.4. The Bertz CT molecular complexity index is 1310. The van der Waals surface area contributed by atoms with Crippen LogP contribution >= 0.6 is 0 Å². The molecule has 196 valence electrons. The van der Waals surface area contributed by atoms with Gasteiger partial charge in [-0.2, -0.15) is 52.7 Å². The number of rotatable bonds is 4. The Morgan fingerprint density at radius 1 is 0.514 bits per heavy atom. The minimum atomic E-state index is -6.18. The van der Waals surface area contributed by atoms with Crippen LogP contribution in [0.1, 0.15) is 22.3 Å². The molecule has 19 heteroatoms. The molecule has 0 spiro atoms. The molecule has 0 aliphatic heterocycles. The summed E-state index contributed by atoms with van der Waals surface area (Å²) in [5.41, 5.74) is -8.73. The maximum Gasteiger partial charge on any atom is 0.417 e. The molecule has 0 radical (unpaired) electrons. The predicted molar refractivity (Wildman–Crippen MR) is 90.4 cm³/mol. The summed E-state index contributed by atoms with van der Waals surface area (Å²) in [5.74, 6) is 0. The highest BCUT2D eigenvalue weighted by Gasteiger charge is 2.43. The molecule has 1 N–H and O–H groups in total. The highest BCUT2D eigenvalue weighted by molar-refractivity contribution is 8.04. The Labute approximate surface area is 187 Å². The van der Waals surface area contributed by atoms with Gasteiger partial charge in [0, 0.05) is 0 Å². The fourth-order valence-electron chi connectivity index (χ4n) is 2.47. The van der Waals surface area contributed by atoms with E-state index >= 15 is 0 Å². The van der Waals surface area contributed by atoms with Crippen LogP contribution in [0.2, 0.25) is 0 Å². The molecular weight excluding hydrogens is 562 g/mol. The summed E-state index contributed by atoms with van der Waals surface area (Å²) in [7, 11) is -12.2. The van der Waals surface area contributed by atoms with Crippen LogP contribution in [-0.2, 0) is 44.8 Å². The Balaban J connectivity index is 2.74. The minimum Gasteiger partial charge on any atom is -0.206 e. The molecule has 0 aromatic heterocycles. The fourth-order valence-corrected chi connectivity index (χ4v) is 5.69. The van der Waals surface area contributed by atoms with Gasteiger partial charge >= 0.3 is 24.7 Å². The second kappa shape index (κ2) is 8.54. The van der Waals surface area contributed by atoms with Gasteiger partial charge in [-0.05, 0) is 36.4 Å². The number of hydrogen-bond donors (Lipinski definition) is 1. The molecule has 0 unspecified atom stereocenters. The van der Waals surface area contributed by atoms with Gasteiger partial charge in [0.25, 0.3) is 20.0 Å². The summed E-state index contributed by atoms with van der Waals surface area (Å²) in [6, 6.07) is -2.57. The lowest BCUT2D eigenvalue weighted by molar-refractivity contribution is -0.143. The van der Waals surface area contributed by atoms with Crippen molar-refractivity contribution in [2.75, 3.05) is 0 Å². The van der Waals surface area contributed by atoms with Crippen molar-refractivity contribution in [1.29, 1.82) is 0 Å². The van der Waals surface area contributed by atoms with Crippen LogP contribution in [0.4, 0.5) is 52.7 Å². The lowest BCUT2D eigenvalue weighted by atomic mass is 10.1. The molecule has 0 amide bonds. The third-order valence-corrected chi connectivity index (χ3v) is 7.52. The Morgan fingerprint density at radius 3 is 1.31 bits per heavy atom. The maximum atomic E-state index is 13.2. The Morgan fingerprint density at radius 2 is 0.943 bits per heavy atom. The highest BCUT2D eigenvalue weighted by atomic mass is 32.3. The zero-order valence-electron chi connectivity index (χ0n) is 15.9. The van der Waals surface area contributed by atoms with Gasteiger partial charge in [-0.15, -0.1) is 4.13 Å². The van der Waals surface area contributed by atoms with E-state index in [-0.39, 0.29) is 12.1 Å². The fraction of sp³-hybridized carbons (Fsp3) is 0.250. The quantitative estimate of drug-likeness (QED) is 0.499. The predicted octanol–water partition coefficient (Wildman–Crippen LogP) is 5.43. The van der Waals surface area contributed by atoms with Crippen molar-refractivity contribution < 1.29 is 69.5 Å². The summed E-state index contributed by atoms with van der Waals surface area (Å²) in [5, 5.41) is 0. The standard InChI is InChI=1S/C16H7F12NO4S2/c17-13(18,19)7-1-2-11(16(26,27)28)12(6-7)35(32,33)29-34(30,31)10-4-8(14(20,21)22)3-9(5-10)15(23,24)25/h1-6,29H. The van der Waals surface area contributed by atoms with Gasteiger partial charge in [0.2, 0.25) is 0 Å². The van der Waals surface area contributed by atoms with Crippen molar-refractivity contribution in [3.05, 3.63) is 58.7 Å². The molecule has 0 atom stereocenters. The molecule has 2 aromatic carbocycles. The molecule has 0 bridgehead atoms. The summed E-state index contributed by atoms with van der Waals surface area (Å²) < 4.78 is 205. The van der Waals surface area contributed by atoms with E-state index < -0.39 is 101 Å². The summed E-state index contributed by atoms with van der Waals surface area (Å²) in [6.07, 6.45) is -22.3. The van der Waals surface area contributed by atoms with Gasteiger partial charge in [-0.25, -0.2) is 16.8 Å². The van der Waals surface area contributed by atoms with Crippen molar-refractivity contribution in [3.63, 3.8) is 0 Å². The molecule has 2 rings (SSSR count). The molecule has 5 nitrogen and oxygen atoms in total. The molecule has 0 saturated heterocycles. The number of hydrogen-bond acceptors (Lipinski definition) is 4. The van der Waals surface area contributed by atoms with Gasteiger partial charge in [0.15, 0.2) is 0 Å². The number of alkyl halides is 12. The first-order valence-electron chi connectivity index (χ1n) is 8.22. The monoisotopic (exact) mass is 569 g/mol. The Hall–Kier alpha value is -2.54. The van der Waals surface area contributed by atoms with Crippen molar-refractivity contribution in [2.24, 2.45) is 0 Å². The number of sulfonamides is 2. The molecule has 0 heterocycles. The van der Waals surface area contributed by atoms with Crippen molar-refractivity contribution in [3.8, 4) is 0 Å². The van der Waals surface area contributed by atoms with Crippen molar-refractivity contribution in [2.45, 2.75) is 34.5 Å². The first-order chi connectivity index (χ1) is 15.4. The van der Waals surface area contributed by atoms with Gasteiger partial charge in [0.05, 0.1) is 32.0 Å². The lowest BCUT2D eigenvalue weighted by Gasteiger charge is -2.17. The summed E-state index contributed by atoms with van der Waals surface area (Å²) in [6.45, 7) is 0. The van der Waals surface area contributed by atoms with Crippen LogP contribution in [0.3, 0.4) is 0 Å².